The number of aryl methyl sites for hydroxylation is 1. The van der Waals surface area contributed by atoms with Gasteiger partial charge in [0.25, 0.3) is 0 Å². The van der Waals surface area contributed by atoms with Gasteiger partial charge in [-0.25, -0.2) is 0 Å². The molecule has 54 valence electrons. The van der Waals surface area contributed by atoms with E-state index in [0.29, 0.717) is 4.34 Å². The first-order valence-electron chi connectivity index (χ1n) is 2.51. The van der Waals surface area contributed by atoms with Gasteiger partial charge in [-0.15, -0.1) is 0 Å². The van der Waals surface area contributed by atoms with Crippen LogP contribution >= 0.6 is 22.9 Å². The van der Waals surface area contributed by atoms with Crippen LogP contribution < -0.4 is 0 Å². The Labute approximate surface area is 66.4 Å². The summed E-state index contributed by atoms with van der Waals surface area (Å²) in [6.45, 7) is 1.74. The van der Waals surface area contributed by atoms with Crippen molar-refractivity contribution in [3.05, 3.63) is 26.1 Å². The quantitative estimate of drug-likeness (QED) is 0.489. The molecule has 0 atom stereocenters. The lowest BCUT2D eigenvalue weighted by Gasteiger charge is -1.77. The third-order valence-corrected chi connectivity index (χ3v) is 2.53. The van der Waals surface area contributed by atoms with E-state index < -0.39 is 4.92 Å². The summed E-state index contributed by atoms with van der Waals surface area (Å²) in [5.41, 5.74) is 0.762. The molecule has 0 aliphatic rings. The van der Waals surface area contributed by atoms with Crippen LogP contribution in [0.2, 0.25) is 4.34 Å². The predicted molar refractivity (Wildman–Crippen MR) is 40.7 cm³/mol. The van der Waals surface area contributed by atoms with Crippen molar-refractivity contribution in [3.63, 3.8) is 0 Å². The normalized spacial score (nSPS) is 9.80. The summed E-state index contributed by atoms with van der Waals surface area (Å²) in [6, 6.07) is 1.47. The third-order valence-electron chi connectivity index (χ3n) is 1.02. The number of halogens is 1. The zero-order chi connectivity index (χ0) is 7.72. The van der Waals surface area contributed by atoms with Crippen LogP contribution in [-0.4, -0.2) is 4.92 Å². The van der Waals surface area contributed by atoms with Crippen LogP contribution in [0.3, 0.4) is 0 Å². The minimum atomic E-state index is -0.441. The Hall–Kier alpha value is -0.610. The largest absolute Gasteiger partial charge is 0.325 e. The van der Waals surface area contributed by atoms with Crippen LogP contribution in [0, 0.1) is 17.0 Å². The van der Waals surface area contributed by atoms with E-state index in [1.165, 1.54) is 6.07 Å². The second kappa shape index (κ2) is 2.56. The number of rotatable bonds is 1. The van der Waals surface area contributed by atoms with Gasteiger partial charge in [-0.2, -0.15) is 0 Å². The molecule has 0 bridgehead atoms. The molecule has 0 fully saturated rings. The highest BCUT2D eigenvalue weighted by Gasteiger charge is 2.11. The van der Waals surface area contributed by atoms with Gasteiger partial charge in [-0.3, -0.25) is 10.1 Å². The number of hydrogen-bond acceptors (Lipinski definition) is 3. The van der Waals surface area contributed by atoms with Gasteiger partial charge in [0.05, 0.1) is 4.92 Å². The second-order valence-corrected chi connectivity index (χ2v) is 3.43. The predicted octanol–water partition coefficient (Wildman–Crippen LogP) is 2.62. The molecule has 1 heterocycles. The lowest BCUT2D eigenvalue weighted by Crippen LogP contribution is -1.80. The van der Waals surface area contributed by atoms with Crippen LogP contribution in [0.4, 0.5) is 5.00 Å². The first kappa shape index (κ1) is 7.50. The fraction of sp³-hybridized carbons (Fsp3) is 0.200. The Kier molecular flexibility index (Phi) is 1.92. The molecule has 0 saturated heterocycles. The van der Waals surface area contributed by atoms with E-state index in [4.69, 9.17) is 11.6 Å². The molecule has 1 aromatic rings. The Morgan fingerprint density at radius 3 is 2.60 bits per heavy atom. The Bertz CT molecular complexity index is 251. The van der Waals surface area contributed by atoms with Crippen molar-refractivity contribution < 1.29 is 4.92 Å². The molecule has 0 unspecified atom stereocenters. The Morgan fingerprint density at radius 1 is 1.80 bits per heavy atom. The van der Waals surface area contributed by atoms with Crippen molar-refractivity contribution in [3.8, 4) is 0 Å². The van der Waals surface area contributed by atoms with Gasteiger partial charge in [0.15, 0.2) is 0 Å². The maximum absolute atomic E-state index is 10.1. The van der Waals surface area contributed by atoms with Gasteiger partial charge >= 0.3 is 5.00 Å². The average Bonchev–Trinajstić information content (AvgIpc) is 2.13. The second-order valence-electron chi connectivity index (χ2n) is 1.80. The molecule has 0 aliphatic heterocycles. The van der Waals surface area contributed by atoms with Crippen molar-refractivity contribution in [1.29, 1.82) is 0 Å². The lowest BCUT2D eigenvalue weighted by molar-refractivity contribution is -0.380. The van der Waals surface area contributed by atoms with Crippen LogP contribution in [0.1, 0.15) is 5.56 Å². The summed E-state index contributed by atoms with van der Waals surface area (Å²) in [5, 5.41) is 10.2. The fourth-order valence-electron chi connectivity index (χ4n) is 0.534. The topological polar surface area (TPSA) is 43.1 Å². The molecule has 0 N–H and O–H groups in total. The van der Waals surface area contributed by atoms with Crippen molar-refractivity contribution >= 4 is 27.9 Å². The van der Waals surface area contributed by atoms with E-state index in [2.05, 4.69) is 0 Å². The van der Waals surface area contributed by atoms with E-state index in [9.17, 15) is 10.1 Å². The summed E-state index contributed by atoms with van der Waals surface area (Å²) in [6.07, 6.45) is 0. The molecule has 5 heteroatoms. The van der Waals surface area contributed by atoms with Gasteiger partial charge in [-0.05, 0) is 12.5 Å². The van der Waals surface area contributed by atoms with Crippen molar-refractivity contribution in [1.82, 2.24) is 0 Å². The van der Waals surface area contributed by atoms with E-state index in [1.54, 1.807) is 6.92 Å². The molecule has 10 heavy (non-hydrogen) atoms. The van der Waals surface area contributed by atoms with Gasteiger partial charge in [0, 0.05) is 6.07 Å². The van der Waals surface area contributed by atoms with E-state index >= 15 is 0 Å². The summed E-state index contributed by atoms with van der Waals surface area (Å²) in [7, 11) is 0. The van der Waals surface area contributed by atoms with E-state index in [-0.39, 0.29) is 5.00 Å². The SMILES string of the molecule is Cc1cc([N+](=O)[O-])sc1Cl. The monoisotopic (exact) mass is 177 g/mol. The Morgan fingerprint density at radius 2 is 2.40 bits per heavy atom. The fourth-order valence-corrected chi connectivity index (χ4v) is 1.54. The van der Waals surface area contributed by atoms with Crippen LogP contribution in [0.15, 0.2) is 6.07 Å². The highest BCUT2D eigenvalue weighted by Crippen LogP contribution is 2.31. The van der Waals surface area contributed by atoms with E-state index in [1.807, 2.05) is 0 Å². The first-order valence-corrected chi connectivity index (χ1v) is 3.71. The van der Waals surface area contributed by atoms with Crippen LogP contribution in [-0.2, 0) is 0 Å². The molecule has 0 aromatic carbocycles. The van der Waals surface area contributed by atoms with Gasteiger partial charge in [-0.1, -0.05) is 22.9 Å². The smallest absolute Gasteiger partial charge is 0.258 e. The maximum Gasteiger partial charge on any atom is 0.325 e. The number of nitrogens with zero attached hydrogens (tertiary/aromatic N) is 1. The Balaban J connectivity index is 3.10. The molecule has 0 aliphatic carbocycles. The zero-order valence-corrected chi connectivity index (χ0v) is 6.70. The molecule has 3 nitrogen and oxygen atoms in total. The number of thiophene rings is 1. The molecule has 0 amide bonds. The molecule has 0 saturated carbocycles. The van der Waals surface area contributed by atoms with E-state index in [0.717, 1.165) is 16.9 Å². The minimum absolute atomic E-state index is 0.0995. The molecule has 0 spiro atoms. The lowest BCUT2D eigenvalue weighted by atomic mass is 10.4. The molecular weight excluding hydrogens is 174 g/mol. The van der Waals surface area contributed by atoms with Crippen LogP contribution in [0.25, 0.3) is 0 Å². The van der Waals surface area contributed by atoms with Gasteiger partial charge in [0.2, 0.25) is 0 Å². The number of nitro groups is 1. The van der Waals surface area contributed by atoms with Gasteiger partial charge < -0.3 is 0 Å². The average molecular weight is 178 g/mol. The molecule has 0 radical (unpaired) electrons. The summed E-state index contributed by atoms with van der Waals surface area (Å²) in [4.78, 5) is 9.68. The molecular formula is C5H4ClNO2S. The third kappa shape index (κ3) is 1.27. The van der Waals surface area contributed by atoms with Crippen molar-refractivity contribution in [2.45, 2.75) is 6.92 Å². The van der Waals surface area contributed by atoms with Crippen molar-refractivity contribution in [2.75, 3.05) is 0 Å². The highest BCUT2D eigenvalue weighted by atomic mass is 35.5. The highest BCUT2D eigenvalue weighted by molar-refractivity contribution is 7.19. The number of hydrogen-bond donors (Lipinski definition) is 0. The standard InChI is InChI=1S/C5H4ClNO2S/c1-3-2-4(7(8)9)10-5(3)6/h2H,1H3. The first-order chi connectivity index (χ1) is 4.61. The molecule has 1 aromatic heterocycles. The summed E-state index contributed by atoms with van der Waals surface area (Å²) >= 11 is 6.58. The molecule has 1 rings (SSSR count). The van der Waals surface area contributed by atoms with Crippen LogP contribution in [0.5, 0.6) is 0 Å². The van der Waals surface area contributed by atoms with Gasteiger partial charge in [0.1, 0.15) is 4.34 Å². The summed E-state index contributed by atoms with van der Waals surface area (Å²) in [5.74, 6) is 0. The van der Waals surface area contributed by atoms with Crippen molar-refractivity contribution in [2.24, 2.45) is 0 Å². The zero-order valence-electron chi connectivity index (χ0n) is 5.13. The summed E-state index contributed by atoms with van der Waals surface area (Å²) < 4.78 is 0.492. The maximum atomic E-state index is 10.1. The minimum Gasteiger partial charge on any atom is -0.258 e.